The van der Waals surface area contributed by atoms with E-state index in [1.165, 1.54) is 11.0 Å². The average Bonchev–Trinajstić information content (AvgIpc) is 3.18. The molecule has 3 heterocycles. The number of imidazole rings is 1. The molecule has 1 aromatic carbocycles. The van der Waals surface area contributed by atoms with Crippen molar-refractivity contribution in [2.75, 3.05) is 0 Å². The van der Waals surface area contributed by atoms with Gasteiger partial charge in [0.2, 0.25) is 0 Å². The van der Waals surface area contributed by atoms with Crippen molar-refractivity contribution in [3.63, 3.8) is 0 Å². The highest BCUT2D eigenvalue weighted by atomic mass is 19.1. The van der Waals surface area contributed by atoms with Gasteiger partial charge in [0.1, 0.15) is 5.82 Å². The van der Waals surface area contributed by atoms with Crippen molar-refractivity contribution in [3.05, 3.63) is 52.4 Å². The van der Waals surface area contributed by atoms with Crippen molar-refractivity contribution >= 4 is 11.9 Å². The first-order valence-electron chi connectivity index (χ1n) is 7.84. The van der Waals surface area contributed by atoms with Crippen LogP contribution in [-0.2, 0) is 24.3 Å². The summed E-state index contributed by atoms with van der Waals surface area (Å²) in [5.41, 5.74) is 2.37. The topological polar surface area (TPSA) is 75.4 Å². The summed E-state index contributed by atoms with van der Waals surface area (Å²) in [4.78, 5) is 30.0. The Morgan fingerprint density at radius 2 is 2.21 bits per heavy atom. The molecule has 1 unspecified atom stereocenters. The summed E-state index contributed by atoms with van der Waals surface area (Å²) in [5.74, 6) is -2.08. The Balaban J connectivity index is 1.77. The summed E-state index contributed by atoms with van der Waals surface area (Å²) < 4.78 is 16.1. The van der Waals surface area contributed by atoms with E-state index >= 15 is 0 Å². The van der Waals surface area contributed by atoms with Gasteiger partial charge < -0.3 is 14.6 Å². The van der Waals surface area contributed by atoms with E-state index in [1.54, 1.807) is 19.3 Å². The summed E-state index contributed by atoms with van der Waals surface area (Å²) in [6.07, 6.45) is 3.28. The first kappa shape index (κ1) is 14.9. The van der Waals surface area contributed by atoms with Gasteiger partial charge in [0, 0.05) is 23.4 Å². The minimum atomic E-state index is -1.20. The van der Waals surface area contributed by atoms with Crippen molar-refractivity contribution in [3.8, 4) is 0 Å². The predicted octanol–water partition coefficient (Wildman–Crippen LogP) is 2.06. The maximum atomic E-state index is 14.2. The highest BCUT2D eigenvalue weighted by Crippen LogP contribution is 2.35. The zero-order valence-electron chi connectivity index (χ0n) is 13.1. The number of fused-ring (bicyclic) bond motifs is 2. The minimum Gasteiger partial charge on any atom is -0.479 e. The summed E-state index contributed by atoms with van der Waals surface area (Å²) in [7, 11) is 0. The third-order valence-corrected chi connectivity index (χ3v) is 4.76. The number of aliphatic carboxylic acids is 1. The molecule has 7 heteroatoms. The van der Waals surface area contributed by atoms with E-state index in [0.717, 1.165) is 25.1 Å². The number of amides is 1. The van der Waals surface area contributed by atoms with E-state index in [1.807, 2.05) is 4.57 Å². The molecule has 1 N–H and O–H groups in total. The molecule has 1 atom stereocenters. The zero-order valence-corrected chi connectivity index (χ0v) is 13.1. The molecule has 0 radical (unpaired) electrons. The molecule has 2 aromatic rings. The maximum Gasteiger partial charge on any atom is 0.332 e. The number of carbonyl (C=O) groups is 2. The van der Waals surface area contributed by atoms with E-state index in [0.29, 0.717) is 11.3 Å². The molecule has 2 aliphatic heterocycles. The molecule has 0 fully saturated rings. The second-order valence-corrected chi connectivity index (χ2v) is 6.32. The van der Waals surface area contributed by atoms with Crippen molar-refractivity contribution < 1.29 is 19.1 Å². The van der Waals surface area contributed by atoms with Gasteiger partial charge in [-0.25, -0.2) is 14.2 Å². The Hall–Kier alpha value is -2.70. The van der Waals surface area contributed by atoms with Gasteiger partial charge in [-0.2, -0.15) is 0 Å². The van der Waals surface area contributed by atoms with E-state index in [2.05, 4.69) is 4.98 Å². The van der Waals surface area contributed by atoms with Gasteiger partial charge in [0.05, 0.1) is 18.6 Å². The molecule has 0 bridgehead atoms. The molecule has 1 aromatic heterocycles. The Morgan fingerprint density at radius 3 is 2.96 bits per heavy atom. The van der Waals surface area contributed by atoms with Crippen LogP contribution in [0.2, 0.25) is 0 Å². The lowest BCUT2D eigenvalue weighted by Gasteiger charge is -2.23. The number of halogens is 1. The zero-order chi connectivity index (χ0) is 17.0. The number of hydrogen-bond donors (Lipinski definition) is 1. The van der Waals surface area contributed by atoms with Crippen LogP contribution in [0, 0.1) is 12.7 Å². The molecule has 1 amide bonds. The first-order chi connectivity index (χ1) is 11.5. The number of hydrogen-bond acceptors (Lipinski definition) is 3. The van der Waals surface area contributed by atoms with Gasteiger partial charge in [-0.1, -0.05) is 0 Å². The number of aromatic nitrogens is 2. The van der Waals surface area contributed by atoms with E-state index < -0.39 is 23.7 Å². The van der Waals surface area contributed by atoms with Gasteiger partial charge in [-0.05, 0) is 37.5 Å². The van der Waals surface area contributed by atoms with Crippen molar-refractivity contribution in [1.29, 1.82) is 0 Å². The van der Waals surface area contributed by atoms with Gasteiger partial charge in [-0.15, -0.1) is 0 Å². The molecule has 6 nitrogen and oxygen atoms in total. The number of carboxylic acid groups (broad SMARTS) is 1. The van der Waals surface area contributed by atoms with Gasteiger partial charge >= 0.3 is 5.97 Å². The molecule has 0 aliphatic carbocycles. The summed E-state index contributed by atoms with van der Waals surface area (Å²) in [5, 5.41) is 9.72. The van der Waals surface area contributed by atoms with Crippen LogP contribution in [0.25, 0.3) is 0 Å². The van der Waals surface area contributed by atoms with Crippen LogP contribution in [0.4, 0.5) is 4.39 Å². The summed E-state index contributed by atoms with van der Waals surface area (Å²) >= 11 is 0. The largest absolute Gasteiger partial charge is 0.479 e. The molecular weight excluding hydrogens is 313 g/mol. The molecule has 124 valence electrons. The summed E-state index contributed by atoms with van der Waals surface area (Å²) in [6.45, 7) is 2.45. The third-order valence-electron chi connectivity index (χ3n) is 4.76. The molecule has 2 aliphatic rings. The van der Waals surface area contributed by atoms with Gasteiger partial charge in [-0.3, -0.25) is 4.79 Å². The fraction of sp³-hybridized carbons (Fsp3) is 0.353. The van der Waals surface area contributed by atoms with Crippen LogP contribution in [0.3, 0.4) is 0 Å². The lowest BCUT2D eigenvalue weighted by atomic mass is 10.1. The van der Waals surface area contributed by atoms with E-state index in [9.17, 15) is 19.1 Å². The smallest absolute Gasteiger partial charge is 0.332 e. The van der Waals surface area contributed by atoms with Crippen molar-refractivity contribution in [2.45, 2.75) is 38.9 Å². The van der Waals surface area contributed by atoms with Crippen molar-refractivity contribution in [2.24, 2.45) is 0 Å². The third kappa shape index (κ3) is 2.04. The number of carbonyl (C=O) groups excluding carboxylic acids is 1. The monoisotopic (exact) mass is 329 g/mol. The van der Waals surface area contributed by atoms with Crippen LogP contribution in [-0.4, -0.2) is 31.4 Å². The Morgan fingerprint density at radius 1 is 1.42 bits per heavy atom. The molecule has 24 heavy (non-hydrogen) atoms. The normalized spacial score (nSPS) is 17.1. The van der Waals surface area contributed by atoms with Gasteiger partial charge in [0.15, 0.2) is 6.04 Å². The number of benzene rings is 1. The highest BCUT2D eigenvalue weighted by Gasteiger charge is 2.41. The number of aryl methyl sites for hydroxylation is 2. The van der Waals surface area contributed by atoms with Crippen LogP contribution in [0.1, 0.15) is 45.3 Å². The Kier molecular flexibility index (Phi) is 3.19. The van der Waals surface area contributed by atoms with Crippen LogP contribution >= 0.6 is 0 Å². The molecular formula is C17H16FN3O3. The molecule has 4 rings (SSSR count). The Labute approximate surface area is 137 Å². The average molecular weight is 329 g/mol. The molecule has 0 spiro atoms. The second-order valence-electron chi connectivity index (χ2n) is 6.32. The Bertz CT molecular complexity index is 874. The highest BCUT2D eigenvalue weighted by molar-refractivity contribution is 6.00. The first-order valence-corrected chi connectivity index (χ1v) is 7.84. The molecule has 0 saturated carbocycles. The maximum absolute atomic E-state index is 14.2. The standard InChI is InChI=1S/C17H16FN3O3/c1-9-5-10-11(12(18)6-9)7-21(16(10)22)15(17(23)24)14-13-3-2-4-20(13)8-19-14/h5-6,8,15H,2-4,7H2,1H3,(H,23,24). The number of nitrogens with zero attached hydrogens (tertiary/aromatic N) is 3. The molecule has 0 saturated heterocycles. The van der Waals surface area contributed by atoms with E-state index in [-0.39, 0.29) is 17.7 Å². The van der Waals surface area contributed by atoms with Crippen molar-refractivity contribution in [1.82, 2.24) is 14.5 Å². The van der Waals surface area contributed by atoms with Crippen LogP contribution in [0.15, 0.2) is 18.5 Å². The van der Waals surface area contributed by atoms with Gasteiger partial charge in [0.25, 0.3) is 5.91 Å². The van der Waals surface area contributed by atoms with E-state index in [4.69, 9.17) is 0 Å². The van der Waals surface area contributed by atoms with Crippen LogP contribution in [0.5, 0.6) is 0 Å². The fourth-order valence-corrected chi connectivity index (χ4v) is 3.66. The SMILES string of the molecule is Cc1cc(F)c2c(c1)C(=O)N(C(C(=O)O)c1ncn3c1CCC3)C2. The lowest BCUT2D eigenvalue weighted by molar-refractivity contribution is -0.142. The predicted molar refractivity (Wildman–Crippen MR) is 81.9 cm³/mol. The number of carboxylic acids is 1. The number of rotatable bonds is 3. The quantitative estimate of drug-likeness (QED) is 0.935. The minimum absolute atomic E-state index is 0.0520. The lowest BCUT2D eigenvalue weighted by Crippen LogP contribution is -2.35. The second kappa shape index (κ2) is 5.15. The summed E-state index contributed by atoms with van der Waals surface area (Å²) in [6, 6.07) is 1.77. The van der Waals surface area contributed by atoms with Crippen LogP contribution < -0.4 is 0 Å². The fourth-order valence-electron chi connectivity index (χ4n) is 3.66.